The van der Waals surface area contributed by atoms with Gasteiger partial charge in [-0.2, -0.15) is 18.3 Å². The molecule has 0 radical (unpaired) electrons. The molecule has 2 aromatic heterocycles. The van der Waals surface area contributed by atoms with Crippen LogP contribution in [0.2, 0.25) is 0 Å². The highest BCUT2D eigenvalue weighted by Crippen LogP contribution is 2.35. The quantitative estimate of drug-likeness (QED) is 0.387. The fourth-order valence-electron chi connectivity index (χ4n) is 3.62. The Labute approximate surface area is 180 Å². The number of aromatic amines is 1. The van der Waals surface area contributed by atoms with Crippen LogP contribution in [0.4, 0.5) is 23.4 Å². The van der Waals surface area contributed by atoms with E-state index in [1.54, 1.807) is 32.0 Å². The molecule has 0 bridgehead atoms. The Morgan fingerprint density at radius 3 is 2.41 bits per heavy atom. The van der Waals surface area contributed by atoms with E-state index >= 15 is 0 Å². The van der Waals surface area contributed by atoms with Crippen LogP contribution in [0.3, 0.4) is 0 Å². The number of benzene rings is 2. The summed E-state index contributed by atoms with van der Waals surface area (Å²) < 4.78 is 55.0. The summed E-state index contributed by atoms with van der Waals surface area (Å²) >= 11 is 0. The van der Waals surface area contributed by atoms with Crippen molar-refractivity contribution in [3.05, 3.63) is 89.0 Å². The Morgan fingerprint density at radius 2 is 1.72 bits per heavy atom. The maximum atomic E-state index is 13.5. The highest BCUT2D eigenvalue weighted by atomic mass is 19.4. The predicted molar refractivity (Wildman–Crippen MR) is 112 cm³/mol. The molecular formula is C23H18F4N4O. The molecule has 32 heavy (non-hydrogen) atoms. The topological polar surface area (TPSA) is 62.7 Å². The minimum atomic E-state index is -4.53. The van der Waals surface area contributed by atoms with Gasteiger partial charge < -0.3 is 9.88 Å². The summed E-state index contributed by atoms with van der Waals surface area (Å²) in [5.74, 6) is -0.571. The molecule has 0 aliphatic rings. The third kappa shape index (κ3) is 4.01. The Balaban J connectivity index is 1.63. The summed E-state index contributed by atoms with van der Waals surface area (Å²) in [6.45, 7) is 3.23. The molecule has 2 N–H and O–H groups in total. The van der Waals surface area contributed by atoms with Gasteiger partial charge in [0.2, 0.25) is 0 Å². The Kier molecular flexibility index (Phi) is 5.33. The average molecular weight is 442 g/mol. The number of aromatic nitrogens is 3. The fraction of sp³-hybridized carbons (Fsp3) is 0.130. The lowest BCUT2D eigenvalue weighted by atomic mass is 10.1. The molecule has 164 valence electrons. The molecule has 9 heteroatoms. The van der Waals surface area contributed by atoms with Gasteiger partial charge >= 0.3 is 6.18 Å². The molecule has 4 rings (SSSR count). The number of halogens is 4. The summed E-state index contributed by atoms with van der Waals surface area (Å²) in [6, 6.07) is 14.1. The molecule has 0 fully saturated rings. The van der Waals surface area contributed by atoms with E-state index < -0.39 is 17.6 Å². The molecule has 4 aromatic rings. The third-order valence-corrected chi connectivity index (χ3v) is 5.09. The van der Waals surface area contributed by atoms with E-state index in [4.69, 9.17) is 0 Å². The van der Waals surface area contributed by atoms with Crippen molar-refractivity contribution < 1.29 is 22.4 Å². The lowest BCUT2D eigenvalue weighted by Gasteiger charge is -2.16. The highest BCUT2D eigenvalue weighted by Gasteiger charge is 2.34. The van der Waals surface area contributed by atoms with Gasteiger partial charge in [-0.05, 0) is 56.3 Å². The van der Waals surface area contributed by atoms with Crippen LogP contribution in [-0.2, 0) is 6.18 Å². The summed E-state index contributed by atoms with van der Waals surface area (Å²) in [7, 11) is 0. The Morgan fingerprint density at radius 1 is 1.03 bits per heavy atom. The largest absolute Gasteiger partial charge is 0.418 e. The van der Waals surface area contributed by atoms with Gasteiger partial charge in [0.25, 0.3) is 5.91 Å². The highest BCUT2D eigenvalue weighted by molar-refractivity contribution is 6.05. The number of para-hydroxylation sites is 1. The average Bonchev–Trinajstić information content (AvgIpc) is 3.32. The summed E-state index contributed by atoms with van der Waals surface area (Å²) in [5.41, 5.74) is 1.42. The second-order valence-electron chi connectivity index (χ2n) is 7.26. The van der Waals surface area contributed by atoms with Gasteiger partial charge in [-0.15, -0.1) is 0 Å². The van der Waals surface area contributed by atoms with Gasteiger partial charge in [0, 0.05) is 23.0 Å². The molecule has 2 heterocycles. The van der Waals surface area contributed by atoms with Crippen LogP contribution in [0.15, 0.2) is 60.7 Å². The molecule has 2 aromatic carbocycles. The number of nitrogens with one attached hydrogen (secondary N) is 2. The first-order valence-electron chi connectivity index (χ1n) is 9.63. The van der Waals surface area contributed by atoms with Crippen LogP contribution in [0.5, 0.6) is 0 Å². The monoisotopic (exact) mass is 442 g/mol. The summed E-state index contributed by atoms with van der Waals surface area (Å²) in [6.07, 6.45) is -4.53. The van der Waals surface area contributed by atoms with Crippen LogP contribution in [-0.4, -0.2) is 20.7 Å². The maximum absolute atomic E-state index is 13.5. The van der Waals surface area contributed by atoms with Crippen LogP contribution in [0, 0.1) is 19.7 Å². The standard InChI is InChI=1S/C23H18F4N4O/c1-13-11-17(14(2)31(13)20-6-4-3-5-18(20)23(25,26)27)22(32)28-21-12-19(29-30-21)15-7-9-16(24)10-8-15/h3-12H,1-2H3,(H2,28,29,30,32). The van der Waals surface area contributed by atoms with E-state index in [1.807, 2.05) is 0 Å². The van der Waals surface area contributed by atoms with Crippen molar-refractivity contribution in [2.45, 2.75) is 20.0 Å². The number of aryl methyl sites for hydroxylation is 1. The number of carbonyl (C=O) groups is 1. The second kappa shape index (κ2) is 7.99. The Hall–Kier alpha value is -3.88. The van der Waals surface area contributed by atoms with Crippen LogP contribution >= 0.6 is 0 Å². The molecule has 0 spiro atoms. The third-order valence-electron chi connectivity index (χ3n) is 5.09. The van der Waals surface area contributed by atoms with Crippen molar-refractivity contribution in [2.75, 3.05) is 5.32 Å². The maximum Gasteiger partial charge on any atom is 0.418 e. The van der Waals surface area contributed by atoms with Gasteiger partial charge in [0.15, 0.2) is 0 Å². The first-order valence-corrected chi connectivity index (χ1v) is 9.63. The van der Waals surface area contributed by atoms with Crippen molar-refractivity contribution in [1.82, 2.24) is 14.8 Å². The number of amides is 1. The number of alkyl halides is 3. The van der Waals surface area contributed by atoms with E-state index in [-0.39, 0.29) is 17.1 Å². The van der Waals surface area contributed by atoms with E-state index in [1.165, 1.54) is 41.0 Å². The SMILES string of the molecule is Cc1cc(C(=O)Nc2cc(-c3ccc(F)cc3)n[nH]2)c(C)n1-c1ccccc1C(F)(F)F. The van der Waals surface area contributed by atoms with E-state index in [9.17, 15) is 22.4 Å². The minimum Gasteiger partial charge on any atom is -0.317 e. The summed E-state index contributed by atoms with van der Waals surface area (Å²) in [4.78, 5) is 12.9. The molecule has 0 saturated carbocycles. The molecule has 1 amide bonds. The van der Waals surface area contributed by atoms with Crippen LogP contribution in [0.1, 0.15) is 27.3 Å². The van der Waals surface area contributed by atoms with Crippen molar-refractivity contribution >= 4 is 11.7 Å². The normalized spacial score (nSPS) is 11.6. The number of anilines is 1. The fourth-order valence-corrected chi connectivity index (χ4v) is 3.62. The Bertz CT molecular complexity index is 1290. The number of hydrogen-bond acceptors (Lipinski definition) is 2. The number of nitrogens with zero attached hydrogens (tertiary/aromatic N) is 2. The molecule has 0 aliphatic heterocycles. The second-order valence-corrected chi connectivity index (χ2v) is 7.26. The zero-order valence-corrected chi connectivity index (χ0v) is 17.1. The van der Waals surface area contributed by atoms with Gasteiger partial charge in [-0.1, -0.05) is 12.1 Å². The molecule has 0 saturated heterocycles. The van der Waals surface area contributed by atoms with Crippen molar-refractivity contribution in [2.24, 2.45) is 0 Å². The van der Waals surface area contributed by atoms with Crippen molar-refractivity contribution in [3.8, 4) is 16.9 Å². The van der Waals surface area contributed by atoms with E-state index in [0.29, 0.717) is 28.5 Å². The van der Waals surface area contributed by atoms with Gasteiger partial charge in [-0.3, -0.25) is 9.89 Å². The molecule has 0 atom stereocenters. The number of H-pyrrole nitrogens is 1. The van der Waals surface area contributed by atoms with E-state index in [2.05, 4.69) is 15.5 Å². The van der Waals surface area contributed by atoms with Gasteiger partial charge in [-0.25, -0.2) is 4.39 Å². The molecule has 0 aliphatic carbocycles. The predicted octanol–water partition coefficient (Wildman–Crippen LogP) is 5.89. The van der Waals surface area contributed by atoms with E-state index in [0.717, 1.165) is 6.07 Å². The first kappa shape index (κ1) is 21.4. The van der Waals surface area contributed by atoms with Crippen molar-refractivity contribution in [1.29, 1.82) is 0 Å². The van der Waals surface area contributed by atoms with Crippen molar-refractivity contribution in [3.63, 3.8) is 0 Å². The lowest BCUT2D eigenvalue weighted by Crippen LogP contribution is -2.15. The molecule has 5 nitrogen and oxygen atoms in total. The smallest absolute Gasteiger partial charge is 0.317 e. The number of carbonyl (C=O) groups excluding carboxylic acids is 1. The molecular weight excluding hydrogens is 424 g/mol. The number of hydrogen-bond donors (Lipinski definition) is 2. The zero-order chi connectivity index (χ0) is 23.0. The van der Waals surface area contributed by atoms with Gasteiger partial charge in [0.05, 0.1) is 22.5 Å². The lowest BCUT2D eigenvalue weighted by molar-refractivity contribution is -0.137. The van der Waals surface area contributed by atoms with Gasteiger partial charge in [0.1, 0.15) is 11.6 Å². The summed E-state index contributed by atoms with van der Waals surface area (Å²) in [5, 5.41) is 9.46. The minimum absolute atomic E-state index is 0.0470. The first-order chi connectivity index (χ1) is 15.1. The number of rotatable bonds is 4. The molecule has 0 unspecified atom stereocenters. The zero-order valence-electron chi connectivity index (χ0n) is 17.1. The van der Waals surface area contributed by atoms with Crippen LogP contribution < -0.4 is 5.32 Å². The van der Waals surface area contributed by atoms with Crippen LogP contribution in [0.25, 0.3) is 16.9 Å².